The zero-order valence-electron chi connectivity index (χ0n) is 19.5. The number of ether oxygens (including phenoxy) is 1. The Morgan fingerprint density at radius 2 is 1.58 bits per heavy atom. The van der Waals surface area contributed by atoms with Crippen LogP contribution < -0.4 is 0 Å². The lowest BCUT2D eigenvalue weighted by molar-refractivity contribution is -0.136. The van der Waals surface area contributed by atoms with Crippen LogP contribution in [0.15, 0.2) is 65.6 Å². The van der Waals surface area contributed by atoms with Crippen molar-refractivity contribution in [3.05, 3.63) is 66.2 Å². The summed E-state index contributed by atoms with van der Waals surface area (Å²) in [6, 6.07) is 16.4. The molecule has 0 aliphatic carbocycles. The average molecular weight is 474 g/mol. The van der Waals surface area contributed by atoms with E-state index in [4.69, 9.17) is 4.74 Å². The van der Waals surface area contributed by atoms with Crippen LogP contribution in [0.2, 0.25) is 0 Å². The fraction of sp³-hybridized carbons (Fsp3) is 0.417. The van der Waals surface area contributed by atoms with Crippen LogP contribution in [0, 0.1) is 0 Å². The summed E-state index contributed by atoms with van der Waals surface area (Å²) in [5.41, 5.74) is 0.221. The molecule has 0 N–H and O–H groups in total. The highest BCUT2D eigenvalue weighted by Crippen LogP contribution is 2.24. The molecule has 0 radical (unpaired) electrons. The number of rotatable bonds is 5. The number of piperazine rings is 1. The zero-order valence-corrected chi connectivity index (χ0v) is 20.3. The molecule has 0 aromatic heterocycles. The predicted octanol–water partition coefficient (Wildman–Crippen LogP) is 2.96. The van der Waals surface area contributed by atoms with Gasteiger partial charge in [0.25, 0.3) is 0 Å². The number of benzene rings is 2. The van der Waals surface area contributed by atoms with Gasteiger partial charge in [0.1, 0.15) is 11.6 Å². The summed E-state index contributed by atoms with van der Waals surface area (Å²) < 4.78 is 33.5. The molecule has 0 saturated carbocycles. The number of likely N-dealkylation sites (N-methyl/N-ethyl adjacent to an activating group) is 1. The topological polar surface area (TPSA) is 87.2 Å². The maximum Gasteiger partial charge on any atom is 0.410 e. The van der Waals surface area contributed by atoms with E-state index in [9.17, 15) is 18.0 Å². The van der Waals surface area contributed by atoms with Crippen LogP contribution in [-0.4, -0.2) is 72.8 Å². The van der Waals surface area contributed by atoms with Gasteiger partial charge in [0.05, 0.1) is 4.90 Å². The van der Waals surface area contributed by atoms with E-state index in [1.54, 1.807) is 46.0 Å². The van der Waals surface area contributed by atoms with E-state index in [1.807, 2.05) is 30.3 Å². The highest BCUT2D eigenvalue weighted by atomic mass is 32.2. The van der Waals surface area contributed by atoms with Crippen molar-refractivity contribution in [2.24, 2.45) is 0 Å². The second-order valence-electron chi connectivity index (χ2n) is 9.05. The highest BCUT2D eigenvalue weighted by molar-refractivity contribution is 7.89. The number of carbonyl (C=O) groups excluding carboxylic acids is 2. The normalized spacial score (nSPS) is 17.5. The Balaban J connectivity index is 1.89. The van der Waals surface area contributed by atoms with Crippen LogP contribution in [0.3, 0.4) is 0 Å². The molecule has 1 atom stereocenters. The average Bonchev–Trinajstić information content (AvgIpc) is 2.78. The van der Waals surface area contributed by atoms with E-state index in [0.29, 0.717) is 6.54 Å². The minimum absolute atomic E-state index is 0.00788. The van der Waals surface area contributed by atoms with E-state index < -0.39 is 27.8 Å². The third-order valence-electron chi connectivity index (χ3n) is 5.26. The molecule has 2 amide bonds. The van der Waals surface area contributed by atoms with Gasteiger partial charge in [0, 0.05) is 33.2 Å². The van der Waals surface area contributed by atoms with Crippen LogP contribution in [0.4, 0.5) is 4.79 Å². The lowest BCUT2D eigenvalue weighted by Crippen LogP contribution is -2.61. The first kappa shape index (κ1) is 24.7. The van der Waals surface area contributed by atoms with Crippen LogP contribution in [0.5, 0.6) is 0 Å². The maximum absolute atomic E-state index is 13.5. The number of amides is 2. The number of carbonyl (C=O) groups is 2. The number of sulfonamides is 1. The van der Waals surface area contributed by atoms with Crippen molar-refractivity contribution < 1.29 is 22.7 Å². The van der Waals surface area contributed by atoms with Crippen molar-refractivity contribution in [3.8, 4) is 0 Å². The fourth-order valence-corrected chi connectivity index (χ4v) is 5.25. The lowest BCUT2D eigenvalue weighted by atomic mass is 10.1. The first-order valence-corrected chi connectivity index (χ1v) is 12.3. The largest absolute Gasteiger partial charge is 0.444 e. The van der Waals surface area contributed by atoms with Crippen LogP contribution >= 0.6 is 0 Å². The molecule has 0 bridgehead atoms. The first-order valence-electron chi connectivity index (χ1n) is 10.8. The Kier molecular flexibility index (Phi) is 7.44. The van der Waals surface area contributed by atoms with Gasteiger partial charge in [-0.3, -0.25) is 4.79 Å². The van der Waals surface area contributed by atoms with E-state index in [1.165, 1.54) is 26.2 Å². The predicted molar refractivity (Wildman–Crippen MR) is 125 cm³/mol. The van der Waals surface area contributed by atoms with Crippen molar-refractivity contribution in [3.63, 3.8) is 0 Å². The zero-order chi connectivity index (χ0) is 24.2. The van der Waals surface area contributed by atoms with Crippen molar-refractivity contribution >= 4 is 22.0 Å². The van der Waals surface area contributed by atoms with Gasteiger partial charge < -0.3 is 14.5 Å². The van der Waals surface area contributed by atoms with Gasteiger partial charge in [-0.25, -0.2) is 13.2 Å². The molecule has 1 aliphatic heterocycles. The molecule has 1 aliphatic rings. The minimum Gasteiger partial charge on any atom is -0.444 e. The molecule has 1 saturated heterocycles. The van der Waals surface area contributed by atoms with Crippen molar-refractivity contribution in [1.29, 1.82) is 0 Å². The third kappa shape index (κ3) is 6.11. The molecule has 2 aromatic carbocycles. The molecular formula is C24H31N3O5S. The molecule has 3 rings (SSSR count). The minimum atomic E-state index is -3.94. The molecule has 8 nitrogen and oxygen atoms in total. The number of hydrogen-bond donors (Lipinski definition) is 0. The summed E-state index contributed by atoms with van der Waals surface area (Å²) in [6.07, 6.45) is -0.567. The summed E-state index contributed by atoms with van der Waals surface area (Å²) >= 11 is 0. The monoisotopic (exact) mass is 473 g/mol. The van der Waals surface area contributed by atoms with Gasteiger partial charge in [-0.05, 0) is 38.5 Å². The number of hydrogen-bond acceptors (Lipinski definition) is 5. The molecule has 1 unspecified atom stereocenters. The summed E-state index contributed by atoms with van der Waals surface area (Å²) in [4.78, 5) is 29.2. The summed E-state index contributed by atoms with van der Waals surface area (Å²) in [5, 5.41) is 0. The first-order chi connectivity index (χ1) is 15.5. The molecule has 33 heavy (non-hydrogen) atoms. The van der Waals surface area contributed by atoms with Crippen LogP contribution in [-0.2, 0) is 26.1 Å². The molecule has 2 aromatic rings. The Morgan fingerprint density at radius 1 is 1.00 bits per heavy atom. The van der Waals surface area contributed by atoms with Crippen LogP contribution in [0.1, 0.15) is 26.3 Å². The molecular weight excluding hydrogens is 442 g/mol. The van der Waals surface area contributed by atoms with Crippen molar-refractivity contribution in [2.45, 2.75) is 43.9 Å². The third-order valence-corrected chi connectivity index (χ3v) is 7.18. The van der Waals surface area contributed by atoms with Crippen LogP contribution in [0.25, 0.3) is 0 Å². The summed E-state index contributed by atoms with van der Waals surface area (Å²) in [7, 11) is -2.31. The van der Waals surface area contributed by atoms with Gasteiger partial charge >= 0.3 is 6.09 Å². The second kappa shape index (κ2) is 9.93. The standard InChI is InChI=1S/C24H31N3O5S/c1-24(2,3)32-23(29)26-15-16-27(33(30,31)20-13-9-6-10-14-20)21(18-26)22(28)25(4)17-19-11-7-5-8-12-19/h5-14,21H,15-18H2,1-4H3. The Bertz CT molecular complexity index is 1070. The molecule has 9 heteroatoms. The number of nitrogens with zero attached hydrogens (tertiary/aromatic N) is 3. The maximum atomic E-state index is 13.5. The highest BCUT2D eigenvalue weighted by Gasteiger charge is 2.43. The van der Waals surface area contributed by atoms with Gasteiger partial charge in [-0.1, -0.05) is 48.5 Å². The smallest absolute Gasteiger partial charge is 0.410 e. The Morgan fingerprint density at radius 3 is 2.15 bits per heavy atom. The summed E-state index contributed by atoms with van der Waals surface area (Å²) in [5.74, 6) is -0.383. The van der Waals surface area contributed by atoms with Gasteiger partial charge in [-0.2, -0.15) is 4.31 Å². The summed E-state index contributed by atoms with van der Waals surface area (Å²) in [6.45, 7) is 5.64. The lowest BCUT2D eigenvalue weighted by Gasteiger charge is -2.41. The SMILES string of the molecule is CN(Cc1ccccc1)C(=O)C1CN(C(=O)OC(C)(C)C)CCN1S(=O)(=O)c1ccccc1. The second-order valence-corrected chi connectivity index (χ2v) is 10.9. The molecule has 1 heterocycles. The van der Waals surface area contributed by atoms with E-state index in [-0.39, 0.29) is 30.4 Å². The Labute approximate surface area is 195 Å². The molecule has 178 valence electrons. The van der Waals surface area contributed by atoms with E-state index in [0.717, 1.165) is 5.56 Å². The van der Waals surface area contributed by atoms with Crippen molar-refractivity contribution in [1.82, 2.24) is 14.1 Å². The quantitative estimate of drug-likeness (QED) is 0.666. The van der Waals surface area contributed by atoms with E-state index >= 15 is 0 Å². The fourth-order valence-electron chi connectivity index (χ4n) is 3.66. The Hall–Kier alpha value is -2.91. The van der Waals surface area contributed by atoms with Gasteiger partial charge in [-0.15, -0.1) is 0 Å². The van der Waals surface area contributed by atoms with Gasteiger partial charge in [0.2, 0.25) is 15.9 Å². The van der Waals surface area contributed by atoms with Gasteiger partial charge in [0.15, 0.2) is 0 Å². The van der Waals surface area contributed by atoms with Crippen molar-refractivity contribution in [2.75, 3.05) is 26.7 Å². The molecule has 1 fully saturated rings. The van der Waals surface area contributed by atoms with E-state index in [2.05, 4.69) is 0 Å². The molecule has 0 spiro atoms.